The van der Waals surface area contributed by atoms with E-state index in [-0.39, 0.29) is 12.2 Å². The molecule has 0 saturated carbocycles. The first-order valence-corrected chi connectivity index (χ1v) is 6.30. The maximum Gasteiger partial charge on any atom is 0.333 e. The summed E-state index contributed by atoms with van der Waals surface area (Å²) in [7, 11) is 3.68. The number of rotatable bonds is 4. The van der Waals surface area contributed by atoms with Crippen molar-refractivity contribution >= 4 is 5.91 Å². The van der Waals surface area contributed by atoms with Crippen LogP contribution in [0.2, 0.25) is 0 Å². The van der Waals surface area contributed by atoms with Gasteiger partial charge in [-0.25, -0.2) is 4.68 Å². The summed E-state index contributed by atoms with van der Waals surface area (Å²) in [6.07, 6.45) is 1.53. The molecule has 1 atom stereocenters. The van der Waals surface area contributed by atoms with E-state index in [9.17, 15) is 18.7 Å². The van der Waals surface area contributed by atoms with Gasteiger partial charge in [-0.2, -0.15) is 13.9 Å². The van der Waals surface area contributed by atoms with Crippen LogP contribution in [0.15, 0.2) is 12.3 Å². The highest BCUT2D eigenvalue weighted by atomic mass is 19.3. The van der Waals surface area contributed by atoms with E-state index in [4.69, 9.17) is 0 Å². The summed E-state index contributed by atoms with van der Waals surface area (Å²) in [6, 6.07) is 1.26. The lowest BCUT2D eigenvalue weighted by Crippen LogP contribution is -2.43. The summed E-state index contributed by atoms with van der Waals surface area (Å²) in [5.74, 6) is -0.431. The second kappa shape index (κ2) is 5.45. The van der Waals surface area contributed by atoms with Gasteiger partial charge in [-0.1, -0.05) is 0 Å². The molecular weight excluding hydrogens is 270 g/mol. The highest BCUT2D eigenvalue weighted by molar-refractivity contribution is 5.92. The van der Waals surface area contributed by atoms with Gasteiger partial charge in [0.15, 0.2) is 5.69 Å². The van der Waals surface area contributed by atoms with E-state index in [1.807, 2.05) is 19.0 Å². The molecule has 0 spiro atoms. The maximum atomic E-state index is 12.4. The van der Waals surface area contributed by atoms with Crippen molar-refractivity contribution in [2.45, 2.75) is 18.6 Å². The van der Waals surface area contributed by atoms with E-state index >= 15 is 0 Å². The zero-order valence-corrected chi connectivity index (χ0v) is 11.5. The van der Waals surface area contributed by atoms with Crippen LogP contribution in [0.3, 0.4) is 0 Å². The van der Waals surface area contributed by atoms with Crippen LogP contribution in [-0.2, 0) is 0 Å². The fraction of sp³-hybridized carbons (Fsp3) is 0.667. The second-order valence-electron chi connectivity index (χ2n) is 5.40. The van der Waals surface area contributed by atoms with Gasteiger partial charge in [0.1, 0.15) is 0 Å². The van der Waals surface area contributed by atoms with Gasteiger partial charge in [0.25, 0.3) is 5.91 Å². The third kappa shape index (κ3) is 3.13. The van der Waals surface area contributed by atoms with Crippen LogP contribution in [-0.4, -0.2) is 69.9 Å². The van der Waals surface area contributed by atoms with E-state index in [1.165, 1.54) is 11.0 Å². The molecule has 1 aliphatic rings. The molecule has 0 bridgehead atoms. The Kier molecular flexibility index (Phi) is 4.05. The summed E-state index contributed by atoms with van der Waals surface area (Å²) in [5.41, 5.74) is -0.982. The van der Waals surface area contributed by atoms with Crippen LogP contribution in [0, 0.1) is 0 Å². The molecule has 1 aromatic rings. The van der Waals surface area contributed by atoms with Crippen molar-refractivity contribution in [2.75, 3.05) is 33.7 Å². The minimum Gasteiger partial charge on any atom is -0.387 e. The first-order chi connectivity index (χ1) is 9.31. The number of carbonyl (C=O) groups excluding carboxylic acids is 1. The first-order valence-electron chi connectivity index (χ1n) is 6.30. The van der Waals surface area contributed by atoms with Gasteiger partial charge in [0.05, 0.1) is 12.1 Å². The third-order valence-corrected chi connectivity index (χ3v) is 3.26. The number of amides is 1. The second-order valence-corrected chi connectivity index (χ2v) is 5.40. The number of likely N-dealkylation sites (N-methyl/N-ethyl adjacent to an activating group) is 1. The number of hydrogen-bond acceptors (Lipinski definition) is 4. The van der Waals surface area contributed by atoms with E-state index in [1.54, 1.807) is 0 Å². The van der Waals surface area contributed by atoms with Crippen molar-refractivity contribution in [3.63, 3.8) is 0 Å². The summed E-state index contributed by atoms with van der Waals surface area (Å²) in [6.45, 7) is -1.74. The number of nitrogens with zero attached hydrogens (tertiary/aromatic N) is 4. The zero-order valence-electron chi connectivity index (χ0n) is 11.5. The van der Waals surface area contributed by atoms with Gasteiger partial charge in [-0.15, -0.1) is 0 Å². The Balaban J connectivity index is 2.03. The van der Waals surface area contributed by atoms with Gasteiger partial charge >= 0.3 is 6.55 Å². The Labute approximate surface area is 115 Å². The molecule has 8 heteroatoms. The standard InChI is InChI=1S/C12H18F2N4O2/c1-16(2)7-12(20)4-6-17(8-12)10(19)9-3-5-18(15-9)11(13)14/h3,5,11,20H,4,6-8H2,1-2H3/t12-/m1/s1. The number of β-amino-alcohol motifs (C(OH)–C–C–N with tert-alkyl or cyclic N) is 1. The largest absolute Gasteiger partial charge is 0.387 e. The first kappa shape index (κ1) is 14.9. The lowest BCUT2D eigenvalue weighted by molar-refractivity contribution is 0.0233. The van der Waals surface area contributed by atoms with Crippen LogP contribution in [0.4, 0.5) is 8.78 Å². The van der Waals surface area contributed by atoms with Gasteiger partial charge < -0.3 is 14.9 Å². The lowest BCUT2D eigenvalue weighted by Gasteiger charge is -2.26. The highest BCUT2D eigenvalue weighted by Gasteiger charge is 2.39. The number of hydrogen-bond donors (Lipinski definition) is 1. The minimum atomic E-state index is -2.76. The van der Waals surface area contributed by atoms with E-state index in [0.717, 1.165) is 6.20 Å². The topological polar surface area (TPSA) is 61.6 Å². The average Bonchev–Trinajstić information content (AvgIpc) is 2.94. The molecule has 2 rings (SSSR count). The maximum absolute atomic E-state index is 12.4. The number of halogens is 2. The normalized spacial score (nSPS) is 23.1. The molecule has 20 heavy (non-hydrogen) atoms. The number of carbonyl (C=O) groups is 1. The monoisotopic (exact) mass is 288 g/mol. The van der Waals surface area contributed by atoms with Crippen molar-refractivity contribution in [1.29, 1.82) is 0 Å². The zero-order chi connectivity index (χ0) is 14.9. The van der Waals surface area contributed by atoms with Crippen molar-refractivity contribution < 1.29 is 18.7 Å². The number of alkyl halides is 2. The predicted octanol–water partition coefficient (Wildman–Crippen LogP) is 0.417. The fourth-order valence-corrected chi connectivity index (χ4v) is 2.47. The Morgan fingerprint density at radius 1 is 1.60 bits per heavy atom. The SMILES string of the molecule is CN(C)C[C@]1(O)CCN(C(=O)c2ccn(C(F)F)n2)C1. The Morgan fingerprint density at radius 3 is 2.85 bits per heavy atom. The van der Waals surface area contributed by atoms with Gasteiger partial charge in [0.2, 0.25) is 0 Å². The molecule has 0 unspecified atom stereocenters. The van der Waals surface area contributed by atoms with Crippen LogP contribution >= 0.6 is 0 Å². The molecule has 1 fully saturated rings. The molecule has 1 aliphatic heterocycles. The number of likely N-dealkylation sites (tertiary alicyclic amines) is 1. The summed E-state index contributed by atoms with van der Waals surface area (Å²) in [5, 5.41) is 13.9. The fourth-order valence-electron chi connectivity index (χ4n) is 2.47. The van der Waals surface area contributed by atoms with Crippen molar-refractivity contribution in [3.05, 3.63) is 18.0 Å². The van der Waals surface area contributed by atoms with E-state index < -0.39 is 18.1 Å². The van der Waals surface area contributed by atoms with Crippen molar-refractivity contribution in [1.82, 2.24) is 19.6 Å². The molecule has 6 nitrogen and oxygen atoms in total. The predicted molar refractivity (Wildman–Crippen MR) is 67.5 cm³/mol. The van der Waals surface area contributed by atoms with Crippen LogP contribution < -0.4 is 0 Å². The Morgan fingerprint density at radius 2 is 2.30 bits per heavy atom. The van der Waals surface area contributed by atoms with Gasteiger partial charge in [0, 0.05) is 19.3 Å². The van der Waals surface area contributed by atoms with E-state index in [2.05, 4.69) is 5.10 Å². The van der Waals surface area contributed by atoms with Crippen LogP contribution in [0.5, 0.6) is 0 Å². The molecular formula is C12H18F2N4O2. The molecule has 1 amide bonds. The molecule has 1 N–H and O–H groups in total. The van der Waals surface area contributed by atoms with Crippen LogP contribution in [0.25, 0.3) is 0 Å². The number of aromatic nitrogens is 2. The molecule has 0 radical (unpaired) electrons. The summed E-state index contributed by atoms with van der Waals surface area (Å²) in [4.78, 5) is 15.4. The third-order valence-electron chi connectivity index (χ3n) is 3.26. The molecule has 0 aliphatic carbocycles. The van der Waals surface area contributed by atoms with Crippen molar-refractivity contribution in [2.24, 2.45) is 0 Å². The summed E-state index contributed by atoms with van der Waals surface area (Å²) >= 11 is 0. The number of aliphatic hydroxyl groups is 1. The lowest BCUT2D eigenvalue weighted by atomic mass is 10.0. The molecule has 112 valence electrons. The summed E-state index contributed by atoms with van der Waals surface area (Å²) < 4.78 is 25.3. The smallest absolute Gasteiger partial charge is 0.333 e. The average molecular weight is 288 g/mol. The molecule has 0 aromatic carbocycles. The molecule has 1 aromatic heterocycles. The highest BCUT2D eigenvalue weighted by Crippen LogP contribution is 2.23. The molecule has 2 heterocycles. The Hall–Kier alpha value is -1.54. The molecule has 1 saturated heterocycles. The quantitative estimate of drug-likeness (QED) is 0.872. The Bertz CT molecular complexity index is 492. The minimum absolute atomic E-state index is 0.0283. The van der Waals surface area contributed by atoms with Crippen LogP contribution in [0.1, 0.15) is 23.5 Å². The van der Waals surface area contributed by atoms with E-state index in [0.29, 0.717) is 24.2 Å². The van der Waals surface area contributed by atoms with Crippen molar-refractivity contribution in [3.8, 4) is 0 Å². The van der Waals surface area contributed by atoms with Gasteiger partial charge in [-0.3, -0.25) is 4.79 Å². The van der Waals surface area contributed by atoms with Gasteiger partial charge in [-0.05, 0) is 26.6 Å².